The van der Waals surface area contributed by atoms with E-state index >= 15 is 0 Å². The molecule has 0 spiro atoms. The molecular weight excluding hydrogens is 420 g/mol. The van der Waals surface area contributed by atoms with Crippen molar-refractivity contribution in [2.24, 2.45) is 0 Å². The van der Waals surface area contributed by atoms with Gasteiger partial charge in [-0.15, -0.1) is 0 Å². The van der Waals surface area contributed by atoms with E-state index in [-0.39, 0.29) is 11.4 Å². The number of aromatic amines is 1. The molecule has 0 bridgehead atoms. The first-order valence-electron chi connectivity index (χ1n) is 10.0. The van der Waals surface area contributed by atoms with Crippen LogP contribution in [0, 0.1) is 11.6 Å². The predicted molar refractivity (Wildman–Crippen MR) is 113 cm³/mol. The van der Waals surface area contributed by atoms with Crippen LogP contribution in [-0.4, -0.2) is 53.2 Å². The highest BCUT2D eigenvalue weighted by Crippen LogP contribution is 2.19. The number of ether oxygens (including phenoxy) is 1. The number of H-pyrrole nitrogens is 1. The molecule has 0 atom stereocenters. The summed E-state index contributed by atoms with van der Waals surface area (Å²) >= 11 is 0. The van der Waals surface area contributed by atoms with Crippen molar-refractivity contribution < 1.29 is 23.1 Å². The van der Waals surface area contributed by atoms with Crippen LogP contribution in [0.15, 0.2) is 48.7 Å². The van der Waals surface area contributed by atoms with Crippen molar-refractivity contribution in [3.8, 4) is 0 Å². The van der Waals surface area contributed by atoms with Gasteiger partial charge in [-0.05, 0) is 29.8 Å². The van der Waals surface area contributed by atoms with E-state index in [0.29, 0.717) is 5.69 Å². The minimum Gasteiger partial charge on any atom is -0.379 e. The number of nitrogens with one attached hydrogen (secondary N) is 3. The van der Waals surface area contributed by atoms with Gasteiger partial charge < -0.3 is 15.4 Å². The van der Waals surface area contributed by atoms with Crippen LogP contribution in [0.1, 0.15) is 26.4 Å². The Kier molecular flexibility index (Phi) is 6.52. The molecule has 1 fully saturated rings. The molecule has 4 rings (SSSR count). The number of benzene rings is 2. The molecule has 3 N–H and O–H groups in total. The van der Waals surface area contributed by atoms with E-state index in [9.17, 15) is 18.4 Å². The van der Waals surface area contributed by atoms with Crippen molar-refractivity contribution >= 4 is 23.2 Å². The SMILES string of the molecule is O=C(Nc1ccc(CN2CCOCC2)cc1)c1[nH]ncc1NC(=O)c1c(F)cccc1F. The summed E-state index contributed by atoms with van der Waals surface area (Å²) in [6.45, 7) is 4.00. The van der Waals surface area contributed by atoms with Crippen LogP contribution in [0.2, 0.25) is 0 Å². The molecule has 32 heavy (non-hydrogen) atoms. The molecular formula is C22H21F2N5O3. The summed E-state index contributed by atoms with van der Waals surface area (Å²) in [7, 11) is 0. The number of hydrogen-bond acceptors (Lipinski definition) is 5. The van der Waals surface area contributed by atoms with Crippen LogP contribution in [0.3, 0.4) is 0 Å². The summed E-state index contributed by atoms with van der Waals surface area (Å²) in [5, 5.41) is 11.3. The van der Waals surface area contributed by atoms with Crippen molar-refractivity contribution in [1.82, 2.24) is 15.1 Å². The average Bonchev–Trinajstić information content (AvgIpc) is 3.24. The predicted octanol–water partition coefficient (Wildman–Crippen LogP) is 3.02. The number of carbonyl (C=O) groups is 2. The molecule has 1 aliphatic rings. The van der Waals surface area contributed by atoms with Crippen LogP contribution in [0.5, 0.6) is 0 Å². The second-order valence-electron chi connectivity index (χ2n) is 7.25. The molecule has 166 valence electrons. The minimum atomic E-state index is -1.02. The highest BCUT2D eigenvalue weighted by atomic mass is 19.1. The van der Waals surface area contributed by atoms with Gasteiger partial charge in [-0.1, -0.05) is 18.2 Å². The molecule has 3 aromatic rings. The third kappa shape index (κ3) is 4.98. The smallest absolute Gasteiger partial charge is 0.275 e. The Labute approximate surface area is 182 Å². The van der Waals surface area contributed by atoms with Crippen LogP contribution in [0.4, 0.5) is 20.2 Å². The summed E-state index contributed by atoms with van der Waals surface area (Å²) in [5.41, 5.74) is 0.863. The number of hydrogen-bond donors (Lipinski definition) is 3. The normalized spacial score (nSPS) is 14.2. The highest BCUT2D eigenvalue weighted by molar-refractivity contribution is 6.11. The summed E-state index contributed by atoms with van der Waals surface area (Å²) in [5.74, 6) is -3.60. The van der Waals surface area contributed by atoms with Crippen LogP contribution in [-0.2, 0) is 11.3 Å². The summed E-state index contributed by atoms with van der Waals surface area (Å²) in [4.78, 5) is 27.2. The fourth-order valence-corrected chi connectivity index (χ4v) is 3.36. The van der Waals surface area contributed by atoms with Gasteiger partial charge in [0.2, 0.25) is 0 Å². The summed E-state index contributed by atoms with van der Waals surface area (Å²) < 4.78 is 33.0. The quantitative estimate of drug-likeness (QED) is 0.546. The second-order valence-corrected chi connectivity index (χ2v) is 7.25. The second kappa shape index (κ2) is 9.67. The Hall–Kier alpha value is -3.63. The Morgan fingerprint density at radius 3 is 2.38 bits per heavy atom. The zero-order valence-electron chi connectivity index (χ0n) is 17.0. The van der Waals surface area contributed by atoms with Crippen molar-refractivity contribution in [3.05, 3.63) is 77.1 Å². The van der Waals surface area contributed by atoms with Gasteiger partial charge in [0.05, 0.1) is 25.1 Å². The fourth-order valence-electron chi connectivity index (χ4n) is 3.36. The number of nitrogens with zero attached hydrogens (tertiary/aromatic N) is 2. The molecule has 1 aliphatic heterocycles. The van der Waals surface area contributed by atoms with E-state index in [1.807, 2.05) is 12.1 Å². The van der Waals surface area contributed by atoms with E-state index in [2.05, 4.69) is 25.7 Å². The highest BCUT2D eigenvalue weighted by Gasteiger charge is 2.21. The van der Waals surface area contributed by atoms with Gasteiger partial charge >= 0.3 is 0 Å². The lowest BCUT2D eigenvalue weighted by molar-refractivity contribution is 0.0342. The number of anilines is 2. The number of carbonyl (C=O) groups excluding carboxylic acids is 2. The van der Waals surface area contributed by atoms with Gasteiger partial charge in [0.15, 0.2) is 0 Å². The first-order chi connectivity index (χ1) is 15.5. The number of rotatable bonds is 6. The lowest BCUT2D eigenvalue weighted by Crippen LogP contribution is -2.35. The maximum absolute atomic E-state index is 13.8. The van der Waals surface area contributed by atoms with E-state index in [4.69, 9.17) is 4.74 Å². The van der Waals surface area contributed by atoms with Crippen molar-refractivity contribution in [2.75, 3.05) is 36.9 Å². The van der Waals surface area contributed by atoms with Crippen LogP contribution < -0.4 is 10.6 Å². The third-order valence-electron chi connectivity index (χ3n) is 5.03. The molecule has 0 radical (unpaired) electrons. The van der Waals surface area contributed by atoms with E-state index in [1.54, 1.807) is 12.1 Å². The van der Waals surface area contributed by atoms with Gasteiger partial charge in [-0.2, -0.15) is 5.10 Å². The topological polar surface area (TPSA) is 99.3 Å². The lowest BCUT2D eigenvalue weighted by Gasteiger charge is -2.26. The molecule has 0 unspecified atom stereocenters. The molecule has 2 heterocycles. The van der Waals surface area contributed by atoms with Gasteiger partial charge in [0.1, 0.15) is 22.9 Å². The van der Waals surface area contributed by atoms with Gasteiger partial charge in [0, 0.05) is 25.3 Å². The maximum atomic E-state index is 13.8. The van der Waals surface area contributed by atoms with E-state index in [0.717, 1.165) is 56.6 Å². The zero-order valence-corrected chi connectivity index (χ0v) is 17.0. The van der Waals surface area contributed by atoms with Gasteiger partial charge in [0.25, 0.3) is 11.8 Å². The number of morpholine rings is 1. The zero-order chi connectivity index (χ0) is 22.5. The van der Waals surface area contributed by atoms with Crippen molar-refractivity contribution in [1.29, 1.82) is 0 Å². The maximum Gasteiger partial charge on any atom is 0.275 e. The molecule has 1 saturated heterocycles. The third-order valence-corrected chi connectivity index (χ3v) is 5.03. The molecule has 8 nitrogen and oxygen atoms in total. The minimum absolute atomic E-state index is 0.000842. The first kappa shape index (κ1) is 21.6. The summed E-state index contributed by atoms with van der Waals surface area (Å²) in [6, 6.07) is 10.5. The Bertz CT molecular complexity index is 1090. The van der Waals surface area contributed by atoms with Crippen LogP contribution in [0.25, 0.3) is 0 Å². The largest absolute Gasteiger partial charge is 0.379 e. The molecule has 2 amide bonds. The van der Waals surface area contributed by atoms with E-state index < -0.39 is 29.0 Å². The van der Waals surface area contributed by atoms with Crippen molar-refractivity contribution in [2.45, 2.75) is 6.54 Å². The average molecular weight is 441 g/mol. The van der Waals surface area contributed by atoms with E-state index in [1.165, 1.54) is 6.20 Å². The number of amides is 2. The fraction of sp³-hybridized carbons (Fsp3) is 0.227. The number of aromatic nitrogens is 2. The monoisotopic (exact) mass is 441 g/mol. The molecule has 1 aromatic heterocycles. The van der Waals surface area contributed by atoms with Crippen LogP contribution >= 0.6 is 0 Å². The first-order valence-corrected chi connectivity index (χ1v) is 10.0. The molecule has 0 aliphatic carbocycles. The molecule has 0 saturated carbocycles. The standard InChI is InChI=1S/C22H21F2N5O3/c23-16-2-1-3-17(24)19(16)21(30)27-18-12-25-28-20(18)22(31)26-15-6-4-14(5-7-15)13-29-8-10-32-11-9-29/h1-7,12H,8-11,13H2,(H,25,28)(H,26,31)(H,27,30). The Morgan fingerprint density at radius 2 is 1.69 bits per heavy atom. The molecule has 10 heteroatoms. The molecule has 2 aromatic carbocycles. The van der Waals surface area contributed by atoms with Crippen molar-refractivity contribution in [3.63, 3.8) is 0 Å². The van der Waals surface area contributed by atoms with Gasteiger partial charge in [-0.3, -0.25) is 19.6 Å². The van der Waals surface area contributed by atoms with Gasteiger partial charge in [-0.25, -0.2) is 8.78 Å². The summed E-state index contributed by atoms with van der Waals surface area (Å²) in [6.07, 6.45) is 1.19. The lowest BCUT2D eigenvalue weighted by atomic mass is 10.1. The Balaban J connectivity index is 1.40. The number of halogens is 2. The Morgan fingerprint density at radius 1 is 1.00 bits per heavy atom.